The summed E-state index contributed by atoms with van der Waals surface area (Å²) in [5.74, 6) is -1.60. The van der Waals surface area contributed by atoms with E-state index in [0.717, 1.165) is 21.3 Å². The predicted octanol–water partition coefficient (Wildman–Crippen LogP) is 2.18. The van der Waals surface area contributed by atoms with Crippen LogP contribution in [0.1, 0.15) is 5.56 Å². The average Bonchev–Trinajstić information content (AvgIpc) is 2.19. The van der Waals surface area contributed by atoms with Gasteiger partial charge in [-0.05, 0) is 53.3 Å². The van der Waals surface area contributed by atoms with E-state index in [1.54, 1.807) is 6.07 Å². The Bertz CT molecular complexity index is 455. The third-order valence-corrected chi connectivity index (χ3v) is 2.49. The minimum Gasteiger partial charge on any atom is -0.478 e. The number of hydrogen-bond donors (Lipinski definition) is 2. The number of carbonyl (C=O) groups excluding carboxylic acids is 1. The molecule has 2 N–H and O–H groups in total. The van der Waals surface area contributed by atoms with Gasteiger partial charge in [-0.2, -0.15) is 0 Å². The Morgan fingerprint density at radius 1 is 1.38 bits per heavy atom. The number of halogens is 1. The highest BCUT2D eigenvalue weighted by Crippen LogP contribution is 2.17. The van der Waals surface area contributed by atoms with Crippen molar-refractivity contribution in [1.82, 2.24) is 0 Å². The molecule has 0 spiro atoms. The van der Waals surface area contributed by atoms with Crippen molar-refractivity contribution in [3.63, 3.8) is 0 Å². The van der Waals surface area contributed by atoms with Gasteiger partial charge in [0.1, 0.15) is 0 Å². The number of amides is 1. The van der Waals surface area contributed by atoms with Crippen LogP contribution in [-0.2, 0) is 9.59 Å². The lowest BCUT2D eigenvalue weighted by molar-refractivity contribution is -0.131. The molecule has 1 aromatic rings. The summed E-state index contributed by atoms with van der Waals surface area (Å²) in [5.41, 5.74) is 1.62. The van der Waals surface area contributed by atoms with Crippen molar-refractivity contribution < 1.29 is 14.7 Å². The number of carboxylic acids is 1. The number of aryl methyl sites for hydroxylation is 1. The zero-order chi connectivity index (χ0) is 12.1. The maximum atomic E-state index is 11.3. The lowest BCUT2D eigenvalue weighted by Crippen LogP contribution is -2.09. The molecule has 0 unspecified atom stereocenters. The van der Waals surface area contributed by atoms with E-state index in [-0.39, 0.29) is 0 Å². The van der Waals surface area contributed by atoms with Gasteiger partial charge in [0.05, 0.1) is 0 Å². The second-order valence-electron chi connectivity index (χ2n) is 3.12. The van der Waals surface area contributed by atoms with Gasteiger partial charge in [-0.15, -0.1) is 0 Å². The topological polar surface area (TPSA) is 66.4 Å². The van der Waals surface area contributed by atoms with E-state index >= 15 is 0 Å². The number of aliphatic carboxylic acids is 1. The summed E-state index contributed by atoms with van der Waals surface area (Å²) in [6.45, 7) is 1.87. The highest BCUT2D eigenvalue weighted by Gasteiger charge is 2.02. The molecule has 16 heavy (non-hydrogen) atoms. The summed E-state index contributed by atoms with van der Waals surface area (Å²) in [4.78, 5) is 21.5. The molecule has 0 fully saturated rings. The smallest absolute Gasteiger partial charge is 0.328 e. The van der Waals surface area contributed by atoms with E-state index in [2.05, 4.69) is 27.9 Å². The Hall–Kier alpha value is -1.37. The van der Waals surface area contributed by atoms with Crippen LogP contribution in [0.2, 0.25) is 0 Å². The summed E-state index contributed by atoms with van der Waals surface area (Å²) in [6, 6.07) is 5.57. The molecule has 0 aliphatic carbocycles. The average molecular weight is 331 g/mol. The van der Waals surface area contributed by atoms with Crippen molar-refractivity contribution in [3.05, 3.63) is 39.5 Å². The number of benzene rings is 1. The molecule has 0 aromatic heterocycles. The fraction of sp³-hybridized carbons (Fsp3) is 0.0909. The maximum absolute atomic E-state index is 11.3. The van der Waals surface area contributed by atoms with Crippen LogP contribution in [0.4, 0.5) is 5.69 Å². The molecule has 0 atom stereocenters. The molecule has 0 aliphatic heterocycles. The van der Waals surface area contributed by atoms with Gasteiger partial charge < -0.3 is 10.4 Å². The first-order valence-corrected chi connectivity index (χ1v) is 5.55. The lowest BCUT2D eigenvalue weighted by atomic mass is 10.2. The molecule has 1 rings (SSSR count). The van der Waals surface area contributed by atoms with Crippen LogP contribution in [-0.4, -0.2) is 17.0 Å². The van der Waals surface area contributed by atoms with E-state index in [9.17, 15) is 9.59 Å². The normalized spacial score (nSPS) is 10.4. The van der Waals surface area contributed by atoms with E-state index in [1.807, 2.05) is 19.1 Å². The Balaban J connectivity index is 2.73. The molecule has 0 saturated heterocycles. The standard InChI is InChI=1S/C11H10INO3/c1-7-6-8(12)2-3-9(7)13-10(14)4-5-11(15)16/h2-6H,1H3,(H,13,14)(H,15,16)/b5-4-. The van der Waals surface area contributed by atoms with Gasteiger partial charge in [0.2, 0.25) is 5.91 Å². The molecule has 4 nitrogen and oxygen atoms in total. The van der Waals surface area contributed by atoms with Gasteiger partial charge in [0, 0.05) is 21.4 Å². The maximum Gasteiger partial charge on any atom is 0.328 e. The Morgan fingerprint density at radius 2 is 2.06 bits per heavy atom. The van der Waals surface area contributed by atoms with Crippen LogP contribution in [0.3, 0.4) is 0 Å². The molecule has 1 aromatic carbocycles. The van der Waals surface area contributed by atoms with Crippen LogP contribution in [0.5, 0.6) is 0 Å². The highest BCUT2D eigenvalue weighted by atomic mass is 127. The van der Waals surface area contributed by atoms with Gasteiger partial charge >= 0.3 is 5.97 Å². The van der Waals surface area contributed by atoms with E-state index < -0.39 is 11.9 Å². The number of hydrogen-bond acceptors (Lipinski definition) is 2. The van der Waals surface area contributed by atoms with Crippen molar-refractivity contribution in [3.8, 4) is 0 Å². The molecule has 0 radical (unpaired) electrons. The predicted molar refractivity (Wildman–Crippen MR) is 69.3 cm³/mol. The van der Waals surface area contributed by atoms with Crippen molar-refractivity contribution in [2.75, 3.05) is 5.32 Å². The number of rotatable bonds is 3. The Morgan fingerprint density at radius 3 is 2.62 bits per heavy atom. The molecule has 0 saturated carbocycles. The Kier molecular flexibility index (Phi) is 4.48. The molecule has 0 aliphatic rings. The first-order valence-electron chi connectivity index (χ1n) is 4.47. The SMILES string of the molecule is Cc1cc(I)ccc1NC(=O)/C=C\C(=O)O. The number of carboxylic acid groups (broad SMARTS) is 1. The van der Waals surface area contributed by atoms with Crippen LogP contribution >= 0.6 is 22.6 Å². The second kappa shape index (κ2) is 5.64. The third-order valence-electron chi connectivity index (χ3n) is 1.82. The second-order valence-corrected chi connectivity index (χ2v) is 4.37. The van der Waals surface area contributed by atoms with Crippen LogP contribution in [0.25, 0.3) is 0 Å². The summed E-state index contributed by atoms with van der Waals surface area (Å²) in [7, 11) is 0. The first-order chi connectivity index (χ1) is 7.49. The molecular formula is C11H10INO3. The summed E-state index contributed by atoms with van der Waals surface area (Å²) in [6.07, 6.45) is 1.79. The highest BCUT2D eigenvalue weighted by molar-refractivity contribution is 14.1. The van der Waals surface area contributed by atoms with E-state index in [0.29, 0.717) is 5.69 Å². The quantitative estimate of drug-likeness (QED) is 0.659. The number of anilines is 1. The van der Waals surface area contributed by atoms with Crippen molar-refractivity contribution in [2.24, 2.45) is 0 Å². The van der Waals surface area contributed by atoms with E-state index in [4.69, 9.17) is 5.11 Å². The molecular weight excluding hydrogens is 321 g/mol. The fourth-order valence-corrected chi connectivity index (χ4v) is 1.74. The summed E-state index contributed by atoms with van der Waals surface area (Å²) >= 11 is 2.18. The molecule has 1 amide bonds. The fourth-order valence-electron chi connectivity index (χ4n) is 1.09. The molecule has 0 heterocycles. The minimum atomic E-state index is -1.14. The summed E-state index contributed by atoms with van der Waals surface area (Å²) in [5, 5.41) is 11.0. The molecule has 84 valence electrons. The monoisotopic (exact) mass is 331 g/mol. The number of carbonyl (C=O) groups is 2. The van der Waals surface area contributed by atoms with Crippen molar-refractivity contribution >= 4 is 40.2 Å². The van der Waals surface area contributed by atoms with Crippen LogP contribution in [0, 0.1) is 10.5 Å². The minimum absolute atomic E-state index is 0.452. The zero-order valence-corrected chi connectivity index (χ0v) is 10.7. The van der Waals surface area contributed by atoms with Gasteiger partial charge in [-0.3, -0.25) is 4.79 Å². The van der Waals surface area contributed by atoms with Gasteiger partial charge in [-0.25, -0.2) is 4.79 Å². The largest absolute Gasteiger partial charge is 0.478 e. The number of nitrogens with one attached hydrogen (secondary N) is 1. The van der Waals surface area contributed by atoms with Crippen molar-refractivity contribution in [1.29, 1.82) is 0 Å². The van der Waals surface area contributed by atoms with Crippen LogP contribution < -0.4 is 5.32 Å². The molecule has 0 bridgehead atoms. The van der Waals surface area contributed by atoms with Crippen molar-refractivity contribution in [2.45, 2.75) is 6.92 Å². The van der Waals surface area contributed by atoms with Crippen LogP contribution in [0.15, 0.2) is 30.4 Å². The van der Waals surface area contributed by atoms with Gasteiger partial charge in [0.15, 0.2) is 0 Å². The third kappa shape index (κ3) is 4.01. The van der Waals surface area contributed by atoms with E-state index in [1.165, 1.54) is 0 Å². The Labute approximate surface area is 106 Å². The zero-order valence-electron chi connectivity index (χ0n) is 8.53. The van der Waals surface area contributed by atoms with Gasteiger partial charge in [0.25, 0.3) is 0 Å². The summed E-state index contributed by atoms with van der Waals surface area (Å²) < 4.78 is 1.08. The first kappa shape index (κ1) is 12.7. The molecule has 5 heteroatoms. The lowest BCUT2D eigenvalue weighted by Gasteiger charge is -2.06. The van der Waals surface area contributed by atoms with Gasteiger partial charge in [-0.1, -0.05) is 0 Å².